The summed E-state index contributed by atoms with van der Waals surface area (Å²) in [5.41, 5.74) is -0.681. The maximum absolute atomic E-state index is 14.3. The number of nitrogens with zero attached hydrogens (tertiary/aromatic N) is 1. The normalized spacial score (nSPS) is 16.5. The molecule has 3 aromatic carbocycles. The van der Waals surface area contributed by atoms with Crippen LogP contribution in [0.25, 0.3) is 0 Å². The molecule has 1 aliphatic rings. The average molecular weight is 590 g/mol. The standard InChI is InChI=1S/C29H27F4N3O6/c1-41-25-12-17(6-11-24(25)35-28(40)34-23-5-3-2-4-22(23)29(31,32)33)13-26(37)36-15-19(30)14-20(36)16-42-21-9-7-18(8-10-21)27(38)39/h2-12,19-20H,13-16H2,1H3,(H,38,39)(H2,34,35,40)/t19-,20-/m0/s1. The van der Waals surface area contributed by atoms with Crippen molar-refractivity contribution in [2.24, 2.45) is 0 Å². The van der Waals surface area contributed by atoms with Crippen LogP contribution < -0.4 is 20.1 Å². The second kappa shape index (κ2) is 12.8. The molecule has 9 nitrogen and oxygen atoms in total. The van der Waals surface area contributed by atoms with Crippen LogP contribution in [0.2, 0.25) is 0 Å². The lowest BCUT2D eigenvalue weighted by Gasteiger charge is -2.24. The number of aromatic carboxylic acids is 1. The van der Waals surface area contributed by atoms with Crippen molar-refractivity contribution in [3.8, 4) is 11.5 Å². The van der Waals surface area contributed by atoms with E-state index in [2.05, 4.69) is 10.6 Å². The van der Waals surface area contributed by atoms with Crippen molar-refractivity contribution in [2.75, 3.05) is 30.9 Å². The van der Waals surface area contributed by atoms with Crippen molar-refractivity contribution in [3.05, 3.63) is 83.4 Å². The van der Waals surface area contributed by atoms with E-state index in [-0.39, 0.29) is 48.9 Å². The van der Waals surface area contributed by atoms with E-state index in [1.54, 1.807) is 0 Å². The molecule has 3 N–H and O–H groups in total. The third-order valence-corrected chi connectivity index (χ3v) is 6.58. The van der Waals surface area contributed by atoms with Crippen molar-refractivity contribution in [2.45, 2.75) is 31.2 Å². The van der Waals surface area contributed by atoms with Gasteiger partial charge < -0.3 is 30.1 Å². The van der Waals surface area contributed by atoms with Crippen LogP contribution in [0, 0.1) is 0 Å². The molecule has 1 saturated heterocycles. The molecule has 1 aliphatic heterocycles. The molecule has 0 spiro atoms. The van der Waals surface area contributed by atoms with Gasteiger partial charge in [0.25, 0.3) is 0 Å². The molecule has 1 heterocycles. The summed E-state index contributed by atoms with van der Waals surface area (Å²) in [7, 11) is 1.33. The first kappa shape index (κ1) is 30.2. The molecule has 0 bridgehead atoms. The molecule has 3 aromatic rings. The first-order valence-electron chi connectivity index (χ1n) is 12.8. The summed E-state index contributed by atoms with van der Waals surface area (Å²) in [4.78, 5) is 38.0. The van der Waals surface area contributed by atoms with E-state index in [4.69, 9.17) is 14.6 Å². The highest BCUT2D eigenvalue weighted by atomic mass is 19.4. The van der Waals surface area contributed by atoms with Gasteiger partial charge in [0.05, 0.1) is 48.6 Å². The molecule has 0 aromatic heterocycles. The fraction of sp³-hybridized carbons (Fsp3) is 0.276. The number of para-hydroxylation sites is 1. The van der Waals surface area contributed by atoms with E-state index >= 15 is 0 Å². The van der Waals surface area contributed by atoms with Crippen molar-refractivity contribution < 1.29 is 46.5 Å². The van der Waals surface area contributed by atoms with Gasteiger partial charge in [-0.05, 0) is 54.1 Å². The van der Waals surface area contributed by atoms with Gasteiger partial charge in [-0.25, -0.2) is 14.0 Å². The van der Waals surface area contributed by atoms with Crippen molar-refractivity contribution in [3.63, 3.8) is 0 Å². The predicted octanol–water partition coefficient (Wildman–Crippen LogP) is 5.62. The van der Waals surface area contributed by atoms with E-state index in [0.717, 1.165) is 12.1 Å². The lowest BCUT2D eigenvalue weighted by molar-refractivity contribution is -0.137. The number of hydrogen-bond acceptors (Lipinski definition) is 5. The molecule has 1 fully saturated rings. The SMILES string of the molecule is COc1cc(CC(=O)N2C[C@@H](F)C[C@H]2COc2ccc(C(=O)O)cc2)ccc1NC(=O)Nc1ccccc1C(F)(F)F. The monoisotopic (exact) mass is 589 g/mol. The zero-order valence-corrected chi connectivity index (χ0v) is 22.3. The van der Waals surface area contributed by atoms with Gasteiger partial charge in [-0.2, -0.15) is 13.2 Å². The van der Waals surface area contributed by atoms with Crippen LogP contribution in [0.15, 0.2) is 66.7 Å². The smallest absolute Gasteiger partial charge is 0.418 e. The Morgan fingerprint density at radius 3 is 2.36 bits per heavy atom. The summed E-state index contributed by atoms with van der Waals surface area (Å²) in [6.07, 6.45) is -5.93. The van der Waals surface area contributed by atoms with Gasteiger partial charge in [-0.3, -0.25) is 4.79 Å². The summed E-state index contributed by atoms with van der Waals surface area (Å²) in [6.45, 7) is -0.0987. The summed E-state index contributed by atoms with van der Waals surface area (Å²) >= 11 is 0. The number of carbonyl (C=O) groups is 3. The lowest BCUT2D eigenvalue weighted by atomic mass is 10.1. The Kier molecular flexibility index (Phi) is 9.18. The van der Waals surface area contributed by atoms with E-state index < -0.39 is 41.6 Å². The molecule has 0 saturated carbocycles. The summed E-state index contributed by atoms with van der Waals surface area (Å²) < 4.78 is 65.0. The Morgan fingerprint density at radius 2 is 1.69 bits per heavy atom. The molecule has 0 radical (unpaired) electrons. The van der Waals surface area contributed by atoms with Crippen LogP contribution in [0.5, 0.6) is 11.5 Å². The lowest BCUT2D eigenvalue weighted by Crippen LogP contribution is -2.40. The summed E-state index contributed by atoms with van der Waals surface area (Å²) in [6, 6.07) is 13.3. The van der Waals surface area contributed by atoms with Crippen molar-refractivity contribution in [1.29, 1.82) is 0 Å². The Labute approximate surface area is 238 Å². The van der Waals surface area contributed by atoms with Crippen LogP contribution in [0.3, 0.4) is 0 Å². The number of rotatable bonds is 9. The molecule has 222 valence electrons. The van der Waals surface area contributed by atoms with Gasteiger partial charge in [0, 0.05) is 6.42 Å². The minimum atomic E-state index is -4.66. The molecule has 3 amide bonds. The summed E-state index contributed by atoms with van der Waals surface area (Å²) in [5, 5.41) is 13.6. The number of nitrogens with one attached hydrogen (secondary N) is 2. The topological polar surface area (TPSA) is 117 Å². The molecular formula is C29H27F4N3O6. The first-order chi connectivity index (χ1) is 19.9. The maximum atomic E-state index is 14.3. The molecule has 42 heavy (non-hydrogen) atoms. The number of halogens is 4. The van der Waals surface area contributed by atoms with Gasteiger partial charge >= 0.3 is 18.2 Å². The number of urea groups is 1. The van der Waals surface area contributed by atoms with E-state index in [0.29, 0.717) is 11.3 Å². The van der Waals surface area contributed by atoms with Gasteiger partial charge in [0.1, 0.15) is 24.3 Å². The molecule has 0 aliphatic carbocycles. The van der Waals surface area contributed by atoms with Crippen molar-refractivity contribution in [1.82, 2.24) is 4.90 Å². The third kappa shape index (κ3) is 7.47. The highest BCUT2D eigenvalue weighted by Gasteiger charge is 2.36. The molecule has 2 atom stereocenters. The quantitative estimate of drug-likeness (QED) is 0.279. The Balaban J connectivity index is 1.38. The van der Waals surface area contributed by atoms with Crippen LogP contribution in [-0.2, 0) is 17.4 Å². The largest absolute Gasteiger partial charge is 0.495 e. The Morgan fingerprint density at radius 1 is 1.00 bits per heavy atom. The first-order valence-corrected chi connectivity index (χ1v) is 12.8. The second-order valence-corrected chi connectivity index (χ2v) is 9.51. The number of methoxy groups -OCH3 is 1. The minimum Gasteiger partial charge on any atom is -0.495 e. The molecular weight excluding hydrogens is 562 g/mol. The van der Waals surface area contributed by atoms with Crippen LogP contribution in [-0.4, -0.2) is 60.4 Å². The van der Waals surface area contributed by atoms with Gasteiger partial charge in [-0.15, -0.1) is 0 Å². The zero-order valence-electron chi connectivity index (χ0n) is 22.3. The summed E-state index contributed by atoms with van der Waals surface area (Å²) in [5.74, 6) is -0.901. The third-order valence-electron chi connectivity index (χ3n) is 6.58. The average Bonchev–Trinajstić information content (AvgIpc) is 3.33. The van der Waals surface area contributed by atoms with Crippen LogP contribution in [0.1, 0.15) is 27.9 Å². The molecule has 0 unspecified atom stereocenters. The number of carboxylic acid groups (broad SMARTS) is 1. The fourth-order valence-corrected chi connectivity index (χ4v) is 4.55. The van der Waals surface area contributed by atoms with Crippen LogP contribution >= 0.6 is 0 Å². The number of amides is 3. The molecule has 4 rings (SSSR count). The predicted molar refractivity (Wildman–Crippen MR) is 145 cm³/mol. The number of carbonyl (C=O) groups excluding carboxylic acids is 2. The highest BCUT2D eigenvalue weighted by molar-refractivity contribution is 6.01. The zero-order chi connectivity index (χ0) is 30.4. The van der Waals surface area contributed by atoms with E-state index in [1.165, 1.54) is 66.6 Å². The van der Waals surface area contributed by atoms with Gasteiger partial charge in [0.2, 0.25) is 5.91 Å². The van der Waals surface area contributed by atoms with Gasteiger partial charge in [0.15, 0.2) is 0 Å². The number of likely N-dealkylation sites (tertiary alicyclic amines) is 1. The number of carboxylic acids is 1. The number of hydrogen-bond donors (Lipinski definition) is 3. The van der Waals surface area contributed by atoms with Crippen molar-refractivity contribution >= 4 is 29.3 Å². The highest BCUT2D eigenvalue weighted by Crippen LogP contribution is 2.35. The van der Waals surface area contributed by atoms with Crippen LogP contribution in [0.4, 0.5) is 33.7 Å². The Hall–Kier alpha value is -4.81. The number of ether oxygens (including phenoxy) is 2. The van der Waals surface area contributed by atoms with E-state index in [9.17, 15) is 31.9 Å². The fourth-order valence-electron chi connectivity index (χ4n) is 4.55. The second-order valence-electron chi connectivity index (χ2n) is 9.51. The van der Waals surface area contributed by atoms with E-state index in [1.807, 2.05) is 0 Å². The van der Waals surface area contributed by atoms with Gasteiger partial charge in [-0.1, -0.05) is 18.2 Å². The molecule has 13 heteroatoms. The maximum Gasteiger partial charge on any atom is 0.418 e. The number of benzene rings is 3. The Bertz CT molecular complexity index is 1450. The number of anilines is 2. The number of alkyl halides is 4. The minimum absolute atomic E-state index is 0.0112.